The Kier molecular flexibility index (Phi) is 7.92. The molecule has 1 aromatic rings. The fourth-order valence-electron chi connectivity index (χ4n) is 3.15. The lowest BCUT2D eigenvalue weighted by atomic mass is 9.94. The second-order valence-corrected chi connectivity index (χ2v) is 7.70. The van der Waals surface area contributed by atoms with Gasteiger partial charge in [-0.2, -0.15) is 0 Å². The molecule has 0 aliphatic carbocycles. The third-order valence-corrected chi connectivity index (χ3v) is 5.03. The predicted molar refractivity (Wildman–Crippen MR) is 105 cm³/mol. The van der Waals surface area contributed by atoms with Gasteiger partial charge < -0.3 is 15.2 Å². The van der Waals surface area contributed by atoms with Gasteiger partial charge in [0.2, 0.25) is 0 Å². The second kappa shape index (κ2) is 9.95. The van der Waals surface area contributed by atoms with Crippen LogP contribution >= 0.6 is 11.6 Å². The molecule has 1 heterocycles. The Hall–Kier alpha value is -1.79. The summed E-state index contributed by atoms with van der Waals surface area (Å²) in [5.74, 6) is 0.279. The van der Waals surface area contributed by atoms with Crippen molar-refractivity contribution in [2.75, 3.05) is 13.2 Å². The summed E-state index contributed by atoms with van der Waals surface area (Å²) in [4.78, 5) is 26.0. The van der Waals surface area contributed by atoms with Gasteiger partial charge in [0.25, 0.3) is 5.91 Å². The summed E-state index contributed by atoms with van der Waals surface area (Å²) in [6.45, 7) is 3.79. The first-order chi connectivity index (χ1) is 12.9. The van der Waals surface area contributed by atoms with Crippen molar-refractivity contribution in [2.45, 2.75) is 64.0 Å². The molecule has 2 N–H and O–H groups in total. The van der Waals surface area contributed by atoms with Gasteiger partial charge in [-0.1, -0.05) is 50.6 Å². The van der Waals surface area contributed by atoms with Crippen LogP contribution in [-0.2, 0) is 4.79 Å². The molecule has 1 aliphatic rings. The van der Waals surface area contributed by atoms with Crippen molar-refractivity contribution in [2.24, 2.45) is 0 Å². The number of hydrogen-bond acceptors (Lipinski definition) is 4. The molecule has 3 amide bonds. The molecule has 0 aromatic heterocycles. The molecule has 0 bridgehead atoms. The largest absolute Gasteiger partial charge is 0.491 e. The van der Waals surface area contributed by atoms with Crippen LogP contribution in [0.15, 0.2) is 24.3 Å². The van der Waals surface area contributed by atoms with Crippen LogP contribution in [0.4, 0.5) is 4.79 Å². The van der Waals surface area contributed by atoms with Gasteiger partial charge in [-0.05, 0) is 37.6 Å². The van der Waals surface area contributed by atoms with Gasteiger partial charge in [0.1, 0.15) is 24.0 Å². The van der Waals surface area contributed by atoms with E-state index in [0.29, 0.717) is 17.2 Å². The van der Waals surface area contributed by atoms with Crippen molar-refractivity contribution in [3.05, 3.63) is 29.3 Å². The van der Waals surface area contributed by atoms with Gasteiger partial charge in [-0.3, -0.25) is 9.69 Å². The van der Waals surface area contributed by atoms with E-state index in [-0.39, 0.29) is 19.1 Å². The summed E-state index contributed by atoms with van der Waals surface area (Å²) < 4.78 is 5.48. The number of unbranched alkanes of at least 4 members (excludes halogenated alkanes) is 4. The Balaban J connectivity index is 1.81. The second-order valence-electron chi connectivity index (χ2n) is 7.26. The van der Waals surface area contributed by atoms with Gasteiger partial charge in [0.05, 0.1) is 6.54 Å². The molecule has 1 aliphatic heterocycles. The summed E-state index contributed by atoms with van der Waals surface area (Å²) in [5, 5.41) is 13.6. The van der Waals surface area contributed by atoms with Crippen molar-refractivity contribution >= 4 is 23.5 Å². The zero-order chi connectivity index (χ0) is 19.9. The zero-order valence-electron chi connectivity index (χ0n) is 16.0. The number of carbonyl (C=O) groups excluding carboxylic acids is 2. The highest BCUT2D eigenvalue weighted by atomic mass is 35.5. The minimum absolute atomic E-state index is 0.0214. The first kappa shape index (κ1) is 21.5. The van der Waals surface area contributed by atoms with Crippen molar-refractivity contribution < 1.29 is 19.4 Å². The molecule has 7 heteroatoms. The van der Waals surface area contributed by atoms with Crippen molar-refractivity contribution in [1.82, 2.24) is 10.2 Å². The van der Waals surface area contributed by atoms with Crippen LogP contribution < -0.4 is 10.1 Å². The van der Waals surface area contributed by atoms with Crippen molar-refractivity contribution in [1.29, 1.82) is 0 Å². The highest BCUT2D eigenvalue weighted by Gasteiger charge is 2.47. The van der Waals surface area contributed by atoms with Crippen LogP contribution in [0.2, 0.25) is 5.02 Å². The normalized spacial score (nSPS) is 20.7. The molecular formula is C20H29ClN2O4. The molecule has 0 radical (unpaired) electrons. The Bertz CT molecular complexity index is 637. The summed E-state index contributed by atoms with van der Waals surface area (Å²) in [7, 11) is 0. The third-order valence-electron chi connectivity index (χ3n) is 4.77. The molecule has 6 nitrogen and oxygen atoms in total. The number of ether oxygens (including phenoxy) is 1. The lowest BCUT2D eigenvalue weighted by Gasteiger charge is -2.22. The van der Waals surface area contributed by atoms with Crippen LogP contribution in [0, 0.1) is 0 Å². The molecule has 0 spiro atoms. The van der Waals surface area contributed by atoms with Crippen LogP contribution in [0.5, 0.6) is 5.75 Å². The highest BCUT2D eigenvalue weighted by Crippen LogP contribution is 2.24. The number of aliphatic hydroxyl groups is 1. The van der Waals surface area contributed by atoms with E-state index < -0.39 is 17.7 Å². The van der Waals surface area contributed by atoms with Gasteiger partial charge in [-0.15, -0.1) is 0 Å². The number of rotatable bonds is 11. The number of nitrogens with one attached hydrogen (secondary N) is 1. The Morgan fingerprint density at radius 1 is 1.19 bits per heavy atom. The van der Waals surface area contributed by atoms with Gasteiger partial charge in [-0.25, -0.2) is 4.79 Å². The third kappa shape index (κ3) is 6.11. The zero-order valence-corrected chi connectivity index (χ0v) is 16.8. The van der Waals surface area contributed by atoms with E-state index in [1.54, 1.807) is 31.2 Å². The summed E-state index contributed by atoms with van der Waals surface area (Å²) in [6.07, 6.45) is 5.05. The van der Waals surface area contributed by atoms with E-state index in [1.807, 2.05) is 0 Å². The van der Waals surface area contributed by atoms with E-state index in [9.17, 15) is 14.7 Å². The van der Waals surface area contributed by atoms with Crippen LogP contribution in [0.3, 0.4) is 0 Å². The van der Waals surface area contributed by atoms with Crippen molar-refractivity contribution in [3.8, 4) is 5.75 Å². The number of halogens is 1. The smallest absolute Gasteiger partial charge is 0.325 e. The number of carbonyl (C=O) groups is 2. The maximum atomic E-state index is 12.7. The monoisotopic (exact) mass is 396 g/mol. The number of benzene rings is 1. The molecular weight excluding hydrogens is 368 g/mol. The van der Waals surface area contributed by atoms with E-state index in [1.165, 1.54) is 6.42 Å². The molecule has 27 heavy (non-hydrogen) atoms. The SMILES string of the molecule is CCCCCCCC1(C)NC(=O)N(CC(O)COc2ccc(Cl)cc2)C1=O. The number of β-amino-alcohol motifs (C(OH)–C–C–N with tert-alkyl or cyclic N) is 1. The Labute approximate surface area is 165 Å². The fourth-order valence-corrected chi connectivity index (χ4v) is 3.28. The number of amides is 3. The molecule has 1 saturated heterocycles. The first-order valence-electron chi connectivity index (χ1n) is 9.56. The first-order valence-corrected chi connectivity index (χ1v) is 9.94. The van der Waals surface area contributed by atoms with Gasteiger partial charge in [0, 0.05) is 5.02 Å². The predicted octanol–water partition coefficient (Wildman–Crippen LogP) is 3.75. The Morgan fingerprint density at radius 3 is 2.52 bits per heavy atom. The minimum atomic E-state index is -0.970. The topological polar surface area (TPSA) is 78.9 Å². The highest BCUT2D eigenvalue weighted by molar-refractivity contribution is 6.30. The maximum absolute atomic E-state index is 12.7. The number of imide groups is 1. The minimum Gasteiger partial charge on any atom is -0.491 e. The van der Waals surface area contributed by atoms with Crippen molar-refractivity contribution in [3.63, 3.8) is 0 Å². The quantitative estimate of drug-likeness (QED) is 0.441. The van der Waals surface area contributed by atoms with E-state index in [0.717, 1.165) is 30.6 Å². The maximum Gasteiger partial charge on any atom is 0.325 e. The van der Waals surface area contributed by atoms with Gasteiger partial charge >= 0.3 is 6.03 Å². The molecule has 0 saturated carbocycles. The lowest BCUT2D eigenvalue weighted by Crippen LogP contribution is -2.45. The summed E-state index contributed by atoms with van der Waals surface area (Å²) in [6, 6.07) is 6.30. The number of hydrogen-bond donors (Lipinski definition) is 2. The molecule has 2 atom stereocenters. The standard InChI is InChI=1S/C20H29ClN2O4/c1-3-4-5-6-7-12-20(2)18(25)23(19(26)22-20)13-16(24)14-27-17-10-8-15(21)9-11-17/h8-11,16,24H,3-7,12-14H2,1-2H3,(H,22,26). The van der Waals surface area contributed by atoms with E-state index >= 15 is 0 Å². The molecule has 1 fully saturated rings. The molecule has 2 rings (SSSR count). The summed E-state index contributed by atoms with van der Waals surface area (Å²) >= 11 is 5.81. The summed E-state index contributed by atoms with van der Waals surface area (Å²) in [5.41, 5.74) is -0.889. The van der Waals surface area contributed by atoms with E-state index in [4.69, 9.17) is 16.3 Å². The average molecular weight is 397 g/mol. The van der Waals surface area contributed by atoms with Crippen LogP contribution in [-0.4, -0.2) is 46.7 Å². The van der Waals surface area contributed by atoms with Crippen LogP contribution in [0.25, 0.3) is 0 Å². The average Bonchev–Trinajstić information content (AvgIpc) is 2.84. The number of urea groups is 1. The Morgan fingerprint density at radius 2 is 1.85 bits per heavy atom. The number of nitrogens with zero attached hydrogens (tertiary/aromatic N) is 1. The molecule has 150 valence electrons. The van der Waals surface area contributed by atoms with Gasteiger partial charge in [0.15, 0.2) is 0 Å². The fraction of sp³-hybridized carbons (Fsp3) is 0.600. The van der Waals surface area contributed by atoms with Crippen LogP contribution in [0.1, 0.15) is 52.4 Å². The van der Waals surface area contributed by atoms with E-state index in [2.05, 4.69) is 12.2 Å². The molecule has 1 aromatic carbocycles. The molecule has 2 unspecified atom stereocenters. The number of aliphatic hydroxyl groups excluding tert-OH is 1. The lowest BCUT2D eigenvalue weighted by molar-refractivity contribution is -0.132.